The second kappa shape index (κ2) is 8.70. The highest BCUT2D eigenvalue weighted by atomic mass is 19.4. The van der Waals surface area contributed by atoms with Gasteiger partial charge in [-0.1, -0.05) is 0 Å². The summed E-state index contributed by atoms with van der Waals surface area (Å²) in [6, 6.07) is 2.51. The van der Waals surface area contributed by atoms with E-state index < -0.39 is 59.3 Å². The second-order valence-corrected chi connectivity index (χ2v) is 8.16. The van der Waals surface area contributed by atoms with E-state index in [2.05, 4.69) is 5.32 Å². The number of benzene rings is 2. The summed E-state index contributed by atoms with van der Waals surface area (Å²) in [5.74, 6) is -0.714. The summed E-state index contributed by atoms with van der Waals surface area (Å²) >= 11 is 0. The van der Waals surface area contributed by atoms with Crippen LogP contribution in [0.4, 0.5) is 45.2 Å². The molecule has 3 rings (SSSR count). The van der Waals surface area contributed by atoms with Crippen molar-refractivity contribution in [3.63, 3.8) is 0 Å². The van der Waals surface area contributed by atoms with Gasteiger partial charge in [0.25, 0.3) is 0 Å². The van der Waals surface area contributed by atoms with E-state index in [1.165, 1.54) is 6.07 Å². The molecule has 0 radical (unpaired) electrons. The molecule has 0 fully saturated rings. The predicted molar refractivity (Wildman–Crippen MR) is 105 cm³/mol. The Morgan fingerprint density at radius 3 is 1.88 bits per heavy atom. The summed E-state index contributed by atoms with van der Waals surface area (Å²) in [4.78, 5) is 13.4. The van der Waals surface area contributed by atoms with Gasteiger partial charge < -0.3 is 10.2 Å². The van der Waals surface area contributed by atoms with Crippen LogP contribution >= 0.6 is 0 Å². The average Bonchev–Trinajstić information content (AvgIpc) is 2.68. The lowest BCUT2D eigenvalue weighted by molar-refractivity contribution is -0.143. The fraction of sp³-hybridized carbons (Fsp3) is 0.409. The predicted octanol–water partition coefficient (Wildman–Crippen LogP) is 7.04. The molecular formula is C22H19F9N2O. The van der Waals surface area contributed by atoms with Gasteiger partial charge in [0.15, 0.2) is 0 Å². The molecule has 1 amide bonds. The molecule has 0 bridgehead atoms. The molecule has 34 heavy (non-hydrogen) atoms. The van der Waals surface area contributed by atoms with Crippen LogP contribution in [0.2, 0.25) is 0 Å². The molecule has 0 aliphatic carbocycles. The Bertz CT molecular complexity index is 1040. The van der Waals surface area contributed by atoms with Crippen molar-refractivity contribution >= 4 is 11.6 Å². The van der Waals surface area contributed by atoms with Crippen LogP contribution in [0, 0.1) is 0 Å². The highest BCUT2D eigenvalue weighted by Crippen LogP contribution is 2.42. The van der Waals surface area contributed by atoms with Crippen molar-refractivity contribution in [2.75, 3.05) is 5.32 Å². The Hall–Kier alpha value is -2.92. The van der Waals surface area contributed by atoms with E-state index in [4.69, 9.17) is 0 Å². The minimum absolute atomic E-state index is 0.0287. The average molecular weight is 498 g/mol. The quantitative estimate of drug-likeness (QED) is 0.461. The standard InChI is InChI=1S/C22H19F9N2O/c1-11-5-19(17-9-14(20(23,24)25)3-4-18(17)32-11)33(12(2)34)10-13-6-15(21(26,27)28)8-16(7-13)22(29,30)31/h3-4,6-9,11,19,32H,5,10H2,1-2H3/t11-,19+/m1/s1. The molecule has 0 aromatic heterocycles. The Kier molecular flexibility index (Phi) is 6.57. The summed E-state index contributed by atoms with van der Waals surface area (Å²) in [5.41, 5.74) is -4.15. The summed E-state index contributed by atoms with van der Waals surface area (Å²) in [5, 5.41) is 2.98. The van der Waals surface area contributed by atoms with Crippen LogP contribution in [0.1, 0.15) is 54.1 Å². The Balaban J connectivity index is 2.09. The van der Waals surface area contributed by atoms with Crippen molar-refractivity contribution < 1.29 is 44.3 Å². The van der Waals surface area contributed by atoms with Gasteiger partial charge in [0, 0.05) is 25.2 Å². The van der Waals surface area contributed by atoms with Gasteiger partial charge in [0.1, 0.15) is 0 Å². The number of carbonyl (C=O) groups excluding carboxylic acids is 1. The van der Waals surface area contributed by atoms with Gasteiger partial charge in [-0.15, -0.1) is 0 Å². The number of carbonyl (C=O) groups is 1. The maximum atomic E-state index is 13.3. The molecule has 186 valence electrons. The summed E-state index contributed by atoms with van der Waals surface area (Å²) in [6.07, 6.45) is -14.7. The first-order chi connectivity index (χ1) is 15.5. The topological polar surface area (TPSA) is 32.3 Å². The highest BCUT2D eigenvalue weighted by molar-refractivity contribution is 5.75. The lowest BCUT2D eigenvalue weighted by Crippen LogP contribution is -2.39. The highest BCUT2D eigenvalue weighted by Gasteiger charge is 2.39. The van der Waals surface area contributed by atoms with Crippen LogP contribution in [0.5, 0.6) is 0 Å². The summed E-state index contributed by atoms with van der Waals surface area (Å²) in [6.45, 7) is 2.09. The Labute approximate surface area is 188 Å². The fourth-order valence-electron chi connectivity index (χ4n) is 3.98. The fourth-order valence-corrected chi connectivity index (χ4v) is 3.98. The van der Waals surface area contributed by atoms with Gasteiger partial charge in [-0.3, -0.25) is 4.79 Å². The van der Waals surface area contributed by atoms with Gasteiger partial charge in [-0.25, -0.2) is 0 Å². The van der Waals surface area contributed by atoms with Gasteiger partial charge in [-0.05, 0) is 60.9 Å². The zero-order valence-corrected chi connectivity index (χ0v) is 17.8. The number of hydrogen-bond donors (Lipinski definition) is 1. The van der Waals surface area contributed by atoms with E-state index >= 15 is 0 Å². The molecule has 0 saturated heterocycles. The number of rotatable bonds is 3. The lowest BCUT2D eigenvalue weighted by atomic mass is 9.90. The van der Waals surface area contributed by atoms with Crippen LogP contribution in [0.15, 0.2) is 36.4 Å². The maximum absolute atomic E-state index is 13.3. The van der Waals surface area contributed by atoms with Crippen LogP contribution in [0.25, 0.3) is 0 Å². The number of fused-ring (bicyclic) bond motifs is 1. The van der Waals surface area contributed by atoms with Crippen LogP contribution in [-0.4, -0.2) is 16.8 Å². The molecule has 0 unspecified atom stereocenters. The van der Waals surface area contributed by atoms with Crippen molar-refractivity contribution in [2.24, 2.45) is 0 Å². The summed E-state index contributed by atoms with van der Waals surface area (Å²) < 4.78 is 119. The number of nitrogens with zero attached hydrogens (tertiary/aromatic N) is 1. The second-order valence-electron chi connectivity index (χ2n) is 8.16. The molecule has 1 aliphatic heterocycles. The third kappa shape index (κ3) is 5.58. The van der Waals surface area contributed by atoms with Gasteiger partial charge >= 0.3 is 18.5 Å². The van der Waals surface area contributed by atoms with E-state index in [0.717, 1.165) is 24.0 Å². The van der Waals surface area contributed by atoms with Crippen LogP contribution in [-0.2, 0) is 29.9 Å². The number of amides is 1. The van der Waals surface area contributed by atoms with E-state index in [0.29, 0.717) is 17.8 Å². The molecule has 2 aromatic rings. The summed E-state index contributed by atoms with van der Waals surface area (Å²) in [7, 11) is 0. The van der Waals surface area contributed by atoms with E-state index in [1.54, 1.807) is 6.92 Å². The zero-order chi connectivity index (χ0) is 25.6. The molecule has 1 N–H and O–H groups in total. The first-order valence-corrected chi connectivity index (χ1v) is 10.00. The molecule has 2 atom stereocenters. The number of halogens is 9. The minimum Gasteiger partial charge on any atom is -0.382 e. The van der Waals surface area contributed by atoms with Gasteiger partial charge in [0.2, 0.25) is 5.91 Å². The van der Waals surface area contributed by atoms with Crippen molar-refractivity contribution in [2.45, 2.75) is 57.4 Å². The SMILES string of the molecule is CC(=O)N(Cc1cc(C(F)(F)F)cc(C(F)(F)F)c1)[C@H]1C[C@@H](C)Nc2ccc(C(F)(F)F)cc21. The molecular weight excluding hydrogens is 479 g/mol. The van der Waals surface area contributed by atoms with Gasteiger partial charge in [0.05, 0.1) is 22.7 Å². The first kappa shape index (κ1) is 25.7. The number of nitrogens with one attached hydrogen (secondary N) is 1. The van der Waals surface area contributed by atoms with Crippen molar-refractivity contribution in [3.05, 3.63) is 64.2 Å². The Morgan fingerprint density at radius 1 is 0.882 bits per heavy atom. The van der Waals surface area contributed by atoms with Crippen LogP contribution < -0.4 is 5.32 Å². The third-order valence-corrected chi connectivity index (χ3v) is 5.50. The number of hydrogen-bond acceptors (Lipinski definition) is 2. The van der Waals surface area contributed by atoms with Crippen LogP contribution in [0.3, 0.4) is 0 Å². The smallest absolute Gasteiger partial charge is 0.382 e. The van der Waals surface area contributed by atoms with E-state index in [1.807, 2.05) is 0 Å². The van der Waals surface area contributed by atoms with E-state index in [9.17, 15) is 44.3 Å². The zero-order valence-electron chi connectivity index (χ0n) is 17.8. The molecule has 1 heterocycles. The van der Waals surface area contributed by atoms with Crippen molar-refractivity contribution in [1.82, 2.24) is 4.90 Å². The molecule has 1 aliphatic rings. The maximum Gasteiger partial charge on any atom is 0.416 e. The van der Waals surface area contributed by atoms with Crippen molar-refractivity contribution in [1.29, 1.82) is 0 Å². The molecule has 2 aromatic carbocycles. The molecule has 12 heteroatoms. The third-order valence-electron chi connectivity index (χ3n) is 5.50. The van der Waals surface area contributed by atoms with Crippen molar-refractivity contribution in [3.8, 4) is 0 Å². The van der Waals surface area contributed by atoms with Gasteiger partial charge in [-0.2, -0.15) is 39.5 Å². The van der Waals surface area contributed by atoms with E-state index in [-0.39, 0.29) is 24.1 Å². The lowest BCUT2D eigenvalue weighted by Gasteiger charge is -2.39. The first-order valence-electron chi connectivity index (χ1n) is 10.00. The monoisotopic (exact) mass is 498 g/mol. The largest absolute Gasteiger partial charge is 0.416 e. The normalized spacial score (nSPS) is 18.8. The number of alkyl halides is 9. The minimum atomic E-state index is -5.07. The molecule has 0 saturated carbocycles. The number of anilines is 1. The molecule has 3 nitrogen and oxygen atoms in total. The Morgan fingerprint density at radius 2 is 1.41 bits per heavy atom. The molecule has 0 spiro atoms.